The van der Waals surface area contributed by atoms with Gasteiger partial charge in [-0.3, -0.25) is 19.3 Å². The number of hydrogen-bond donors (Lipinski definition) is 1. The average Bonchev–Trinajstić information content (AvgIpc) is 2.74. The van der Waals surface area contributed by atoms with Gasteiger partial charge < -0.3 is 4.98 Å². The van der Waals surface area contributed by atoms with E-state index in [-0.39, 0.29) is 17.7 Å². The van der Waals surface area contributed by atoms with E-state index in [4.69, 9.17) is 0 Å². The van der Waals surface area contributed by atoms with Gasteiger partial charge in [0.05, 0.1) is 17.7 Å². The van der Waals surface area contributed by atoms with Crippen molar-refractivity contribution >= 4 is 11.8 Å². The molecule has 2 heterocycles. The third-order valence-electron chi connectivity index (χ3n) is 3.70. The molecule has 0 fully saturated rings. The topological polar surface area (TPSA) is 70.2 Å². The third-order valence-corrected chi connectivity index (χ3v) is 3.70. The summed E-state index contributed by atoms with van der Waals surface area (Å²) in [7, 11) is 0. The lowest BCUT2D eigenvalue weighted by Crippen LogP contribution is -2.32. The van der Waals surface area contributed by atoms with Crippen LogP contribution in [0.5, 0.6) is 0 Å². The van der Waals surface area contributed by atoms with Gasteiger partial charge in [0.15, 0.2) is 0 Å². The molecule has 0 aliphatic carbocycles. The Hall–Kier alpha value is -2.76. The smallest absolute Gasteiger partial charge is 0.261 e. The summed E-state index contributed by atoms with van der Waals surface area (Å²) >= 11 is 0. The van der Waals surface area contributed by atoms with Gasteiger partial charge in [-0.15, -0.1) is 0 Å². The fourth-order valence-corrected chi connectivity index (χ4v) is 2.62. The Morgan fingerprint density at radius 1 is 1.09 bits per heavy atom. The number of carbonyl (C=O) groups excluding carboxylic acids is 2. The number of alkyl halides is 1. The van der Waals surface area contributed by atoms with E-state index >= 15 is 0 Å². The van der Waals surface area contributed by atoms with Gasteiger partial charge in [-0.25, -0.2) is 4.39 Å². The van der Waals surface area contributed by atoms with Crippen LogP contribution in [0.4, 0.5) is 4.39 Å². The fourth-order valence-electron chi connectivity index (χ4n) is 2.62. The minimum absolute atomic E-state index is 0.0996. The summed E-state index contributed by atoms with van der Waals surface area (Å²) in [6.45, 7) is 0.580. The lowest BCUT2D eigenvalue weighted by Gasteiger charge is -2.15. The predicted octanol–water partition coefficient (Wildman–Crippen LogP) is 1.95. The molecule has 0 spiro atoms. The molecule has 0 saturated carbocycles. The maximum atomic E-state index is 13.1. The number of amides is 2. The highest BCUT2D eigenvalue weighted by atomic mass is 19.1. The lowest BCUT2D eigenvalue weighted by atomic mass is 10.1. The van der Waals surface area contributed by atoms with Crippen molar-refractivity contribution in [2.75, 3.05) is 0 Å². The first kappa shape index (κ1) is 14.2. The normalized spacial score (nSPS) is 13.6. The van der Waals surface area contributed by atoms with E-state index in [9.17, 15) is 18.8 Å². The second-order valence-electron chi connectivity index (χ2n) is 5.16. The number of carbonyl (C=O) groups is 2. The van der Waals surface area contributed by atoms with Gasteiger partial charge >= 0.3 is 0 Å². The highest BCUT2D eigenvalue weighted by molar-refractivity contribution is 6.21. The molecule has 0 radical (unpaired) electrons. The number of aryl methyl sites for hydroxylation is 1. The maximum Gasteiger partial charge on any atom is 0.261 e. The summed E-state index contributed by atoms with van der Waals surface area (Å²) in [5, 5.41) is 0. The largest absolute Gasteiger partial charge is 0.326 e. The molecule has 0 saturated heterocycles. The molecule has 0 atom stereocenters. The van der Waals surface area contributed by atoms with Gasteiger partial charge in [0, 0.05) is 11.3 Å². The van der Waals surface area contributed by atoms with Gasteiger partial charge in [-0.2, -0.15) is 0 Å². The first-order valence-corrected chi connectivity index (χ1v) is 6.75. The Morgan fingerprint density at radius 2 is 1.68 bits per heavy atom. The number of aromatic amines is 1. The van der Waals surface area contributed by atoms with Crippen LogP contribution >= 0.6 is 0 Å². The number of halogens is 1. The standard InChI is InChI=1S/C16H13FN2O3/c1-9-6-10(7-17)13(14(20)18-9)8-19-15(21)11-4-2-3-5-12(11)16(19)22/h2-6H,7-8H2,1H3,(H,18,20). The zero-order valence-electron chi connectivity index (χ0n) is 11.9. The van der Waals surface area contributed by atoms with E-state index in [1.165, 1.54) is 6.07 Å². The van der Waals surface area contributed by atoms with Crippen molar-refractivity contribution in [3.05, 3.63) is 68.6 Å². The number of aromatic nitrogens is 1. The highest BCUT2D eigenvalue weighted by Crippen LogP contribution is 2.24. The molecule has 6 heteroatoms. The average molecular weight is 300 g/mol. The number of benzene rings is 1. The van der Waals surface area contributed by atoms with Crippen LogP contribution in [0.15, 0.2) is 35.1 Å². The molecular weight excluding hydrogens is 287 g/mol. The van der Waals surface area contributed by atoms with Gasteiger partial charge in [0.2, 0.25) is 0 Å². The molecule has 2 aromatic rings. The van der Waals surface area contributed by atoms with Crippen molar-refractivity contribution in [3.8, 4) is 0 Å². The van der Waals surface area contributed by atoms with Gasteiger partial charge in [0.1, 0.15) is 6.67 Å². The number of nitrogens with one attached hydrogen (secondary N) is 1. The van der Waals surface area contributed by atoms with E-state index in [0.717, 1.165) is 4.90 Å². The molecular formula is C16H13FN2O3. The minimum atomic E-state index is -0.830. The first-order chi connectivity index (χ1) is 10.5. The lowest BCUT2D eigenvalue weighted by molar-refractivity contribution is 0.0641. The van der Waals surface area contributed by atoms with Gasteiger partial charge in [-0.1, -0.05) is 12.1 Å². The number of H-pyrrole nitrogens is 1. The van der Waals surface area contributed by atoms with Crippen LogP contribution in [0.1, 0.15) is 37.5 Å². The molecule has 5 nitrogen and oxygen atoms in total. The SMILES string of the molecule is Cc1cc(CF)c(CN2C(=O)c3ccccc3C2=O)c(=O)[nH]1. The van der Waals surface area contributed by atoms with Crippen LogP contribution in [0, 0.1) is 6.92 Å². The summed E-state index contributed by atoms with van der Waals surface area (Å²) in [6.07, 6.45) is 0. The van der Waals surface area contributed by atoms with Crippen LogP contribution < -0.4 is 5.56 Å². The van der Waals surface area contributed by atoms with E-state index in [2.05, 4.69) is 4.98 Å². The fraction of sp³-hybridized carbons (Fsp3) is 0.188. The van der Waals surface area contributed by atoms with Crippen molar-refractivity contribution < 1.29 is 14.0 Å². The molecule has 1 N–H and O–H groups in total. The minimum Gasteiger partial charge on any atom is -0.326 e. The summed E-state index contributed by atoms with van der Waals surface area (Å²) in [4.78, 5) is 40.1. The summed E-state index contributed by atoms with van der Waals surface area (Å²) in [5.74, 6) is -0.934. The third kappa shape index (κ3) is 2.13. The Morgan fingerprint density at radius 3 is 2.23 bits per heavy atom. The number of rotatable bonds is 3. The van der Waals surface area contributed by atoms with Gasteiger partial charge in [0.25, 0.3) is 17.4 Å². The highest BCUT2D eigenvalue weighted by Gasteiger charge is 2.35. The second kappa shape index (κ2) is 5.22. The molecule has 0 unspecified atom stereocenters. The van der Waals surface area contributed by atoms with Crippen molar-refractivity contribution in [2.45, 2.75) is 20.1 Å². The Labute approximate surface area is 125 Å². The monoisotopic (exact) mass is 300 g/mol. The first-order valence-electron chi connectivity index (χ1n) is 6.75. The molecule has 2 amide bonds. The zero-order chi connectivity index (χ0) is 15.9. The molecule has 112 valence electrons. The predicted molar refractivity (Wildman–Crippen MR) is 77.3 cm³/mol. The van der Waals surface area contributed by atoms with Gasteiger partial charge in [-0.05, 0) is 30.7 Å². The van der Waals surface area contributed by atoms with Crippen LogP contribution in [0.25, 0.3) is 0 Å². The second-order valence-corrected chi connectivity index (χ2v) is 5.16. The molecule has 22 heavy (non-hydrogen) atoms. The van der Waals surface area contributed by atoms with E-state index in [1.807, 2.05) is 0 Å². The molecule has 1 aromatic heterocycles. The molecule has 1 aromatic carbocycles. The van der Waals surface area contributed by atoms with Crippen molar-refractivity contribution in [1.82, 2.24) is 9.88 Å². The summed E-state index contributed by atoms with van der Waals surface area (Å²) in [6, 6.07) is 7.96. The summed E-state index contributed by atoms with van der Waals surface area (Å²) in [5.41, 5.74) is 0.948. The van der Waals surface area contributed by atoms with Crippen LogP contribution in [0.2, 0.25) is 0 Å². The quantitative estimate of drug-likeness (QED) is 0.881. The Kier molecular flexibility index (Phi) is 3.36. The number of hydrogen-bond acceptors (Lipinski definition) is 3. The van der Waals surface area contributed by atoms with Crippen molar-refractivity contribution in [1.29, 1.82) is 0 Å². The molecule has 1 aliphatic heterocycles. The number of nitrogens with zero attached hydrogens (tertiary/aromatic N) is 1. The summed E-state index contributed by atoms with van der Waals surface area (Å²) < 4.78 is 13.1. The molecule has 3 rings (SSSR count). The van der Waals surface area contributed by atoms with Crippen molar-refractivity contribution in [2.24, 2.45) is 0 Å². The van der Waals surface area contributed by atoms with E-state index < -0.39 is 24.0 Å². The van der Waals surface area contributed by atoms with E-state index in [0.29, 0.717) is 16.8 Å². The number of imide groups is 1. The van der Waals surface area contributed by atoms with E-state index in [1.54, 1.807) is 31.2 Å². The number of pyridine rings is 1. The van der Waals surface area contributed by atoms with Crippen molar-refractivity contribution in [3.63, 3.8) is 0 Å². The maximum absolute atomic E-state index is 13.1. The molecule has 0 bridgehead atoms. The molecule has 1 aliphatic rings. The Bertz CT molecular complexity index is 807. The van der Waals surface area contributed by atoms with Crippen LogP contribution in [-0.2, 0) is 13.2 Å². The Balaban J connectivity index is 2.01. The van der Waals surface area contributed by atoms with Crippen LogP contribution in [-0.4, -0.2) is 21.7 Å². The number of fused-ring (bicyclic) bond motifs is 1. The zero-order valence-corrected chi connectivity index (χ0v) is 11.9. The van der Waals surface area contributed by atoms with Crippen LogP contribution in [0.3, 0.4) is 0 Å².